The maximum absolute atomic E-state index is 14.3. The van der Waals surface area contributed by atoms with Gasteiger partial charge in [0.05, 0.1) is 36.0 Å². The number of halogens is 3. The highest BCUT2D eigenvalue weighted by Crippen LogP contribution is 2.39. The molecule has 0 unspecified atom stereocenters. The average molecular weight is 539 g/mol. The Morgan fingerprint density at radius 1 is 1.16 bits per heavy atom. The second-order valence-corrected chi connectivity index (χ2v) is 10.9. The molecule has 202 valence electrons. The summed E-state index contributed by atoms with van der Waals surface area (Å²) in [6.07, 6.45) is 1.79. The Morgan fingerprint density at radius 2 is 1.81 bits per heavy atom. The van der Waals surface area contributed by atoms with Crippen molar-refractivity contribution in [3.63, 3.8) is 0 Å². The Morgan fingerprint density at radius 3 is 2.43 bits per heavy atom. The normalized spacial score (nSPS) is 20.0. The summed E-state index contributed by atoms with van der Waals surface area (Å²) < 4.78 is 31.7. The molecule has 1 fully saturated rings. The van der Waals surface area contributed by atoms with Crippen LogP contribution < -0.4 is 15.9 Å². The summed E-state index contributed by atoms with van der Waals surface area (Å²) in [7, 11) is 0. The van der Waals surface area contributed by atoms with Crippen molar-refractivity contribution in [3.05, 3.63) is 39.9 Å². The van der Waals surface area contributed by atoms with Gasteiger partial charge in [0.25, 0.3) is 5.92 Å². The van der Waals surface area contributed by atoms with Gasteiger partial charge in [0, 0.05) is 37.2 Å². The number of imidazole rings is 1. The minimum Gasteiger partial charge on any atom is -0.395 e. The highest BCUT2D eigenvalue weighted by atomic mass is 35.5. The largest absolute Gasteiger partial charge is 0.395 e. The van der Waals surface area contributed by atoms with Gasteiger partial charge in [-0.3, -0.25) is 9.13 Å². The standard InChI is InChI=1S/C25H33ClF2N6O3/c1-15-13-32(14-16(2)25(15,27)28)22-29-12-18(26)21(31-22)30-17-5-6-19-20(11-17)33(8-7-24(3,4)37)23(36)34(19)9-10-35/h5-6,11-12,15-16,35,37H,7-10,13-14H2,1-4H3,(H,29,30,31)/t15-,16+. The van der Waals surface area contributed by atoms with Gasteiger partial charge in [0.15, 0.2) is 5.82 Å². The van der Waals surface area contributed by atoms with Gasteiger partial charge in [-0.15, -0.1) is 0 Å². The van der Waals surface area contributed by atoms with E-state index in [2.05, 4.69) is 15.3 Å². The third-order valence-corrected chi connectivity index (χ3v) is 7.15. The first-order valence-electron chi connectivity index (χ1n) is 12.3. The minimum absolute atomic E-state index is 0.121. The molecule has 3 heterocycles. The molecule has 1 aliphatic heterocycles. The van der Waals surface area contributed by atoms with Crippen molar-refractivity contribution in [1.29, 1.82) is 0 Å². The molecular weight excluding hydrogens is 506 g/mol. The van der Waals surface area contributed by atoms with Crippen LogP contribution in [-0.2, 0) is 13.1 Å². The summed E-state index contributed by atoms with van der Waals surface area (Å²) >= 11 is 6.37. The number of rotatable bonds is 8. The first-order valence-corrected chi connectivity index (χ1v) is 12.7. The van der Waals surface area contributed by atoms with Crippen LogP contribution in [0, 0.1) is 11.8 Å². The summed E-state index contributed by atoms with van der Waals surface area (Å²) in [5, 5.41) is 23.0. The highest BCUT2D eigenvalue weighted by molar-refractivity contribution is 6.32. The van der Waals surface area contributed by atoms with Gasteiger partial charge in [-0.2, -0.15) is 4.98 Å². The summed E-state index contributed by atoms with van der Waals surface area (Å²) in [6, 6.07) is 5.31. The van der Waals surface area contributed by atoms with Crippen molar-refractivity contribution in [1.82, 2.24) is 19.1 Å². The van der Waals surface area contributed by atoms with E-state index >= 15 is 0 Å². The minimum atomic E-state index is -2.76. The molecule has 4 rings (SSSR count). The molecule has 3 N–H and O–H groups in total. The monoisotopic (exact) mass is 538 g/mol. The number of aromatic nitrogens is 4. The van der Waals surface area contributed by atoms with Crippen LogP contribution in [0.25, 0.3) is 11.0 Å². The molecule has 3 aromatic rings. The number of piperidine rings is 1. The molecule has 0 amide bonds. The number of aliphatic hydroxyl groups is 2. The fraction of sp³-hybridized carbons (Fsp3) is 0.560. The first kappa shape index (κ1) is 27.3. The van der Waals surface area contributed by atoms with Crippen molar-refractivity contribution < 1.29 is 19.0 Å². The number of benzene rings is 1. The van der Waals surface area contributed by atoms with Crippen LogP contribution in [0.15, 0.2) is 29.2 Å². The molecule has 0 radical (unpaired) electrons. The van der Waals surface area contributed by atoms with E-state index in [1.807, 2.05) is 0 Å². The van der Waals surface area contributed by atoms with E-state index in [9.17, 15) is 23.8 Å². The maximum atomic E-state index is 14.3. The molecule has 0 bridgehead atoms. The van der Waals surface area contributed by atoms with E-state index in [1.165, 1.54) is 24.6 Å². The first-order chi connectivity index (χ1) is 17.3. The van der Waals surface area contributed by atoms with Crippen LogP contribution in [0.5, 0.6) is 0 Å². The zero-order valence-corrected chi connectivity index (χ0v) is 22.1. The molecule has 1 saturated heterocycles. The number of aliphatic hydroxyl groups excluding tert-OH is 1. The number of nitrogens with zero attached hydrogens (tertiary/aromatic N) is 5. The molecule has 0 spiro atoms. The zero-order chi connectivity index (χ0) is 27.1. The van der Waals surface area contributed by atoms with E-state index in [0.29, 0.717) is 34.9 Å². The summed E-state index contributed by atoms with van der Waals surface area (Å²) in [6.45, 7) is 6.88. The molecule has 37 heavy (non-hydrogen) atoms. The smallest absolute Gasteiger partial charge is 0.329 e. The highest BCUT2D eigenvalue weighted by Gasteiger charge is 2.47. The molecule has 1 aromatic carbocycles. The van der Waals surface area contributed by atoms with Crippen molar-refractivity contribution in [2.75, 3.05) is 29.9 Å². The third-order valence-electron chi connectivity index (χ3n) is 6.87. The van der Waals surface area contributed by atoms with Crippen molar-refractivity contribution in [3.8, 4) is 0 Å². The molecule has 12 heteroatoms. The average Bonchev–Trinajstić information content (AvgIpc) is 3.07. The van der Waals surface area contributed by atoms with Crippen molar-refractivity contribution in [2.45, 2.75) is 58.7 Å². The van der Waals surface area contributed by atoms with Gasteiger partial charge < -0.3 is 20.4 Å². The quantitative estimate of drug-likeness (QED) is 0.399. The van der Waals surface area contributed by atoms with Gasteiger partial charge in [0.2, 0.25) is 5.95 Å². The number of anilines is 3. The molecule has 2 aromatic heterocycles. The predicted octanol–water partition coefficient (Wildman–Crippen LogP) is 3.87. The van der Waals surface area contributed by atoms with Gasteiger partial charge in [-0.1, -0.05) is 25.4 Å². The van der Waals surface area contributed by atoms with Crippen LogP contribution >= 0.6 is 11.6 Å². The Balaban J connectivity index is 1.66. The number of hydrogen-bond donors (Lipinski definition) is 3. The van der Waals surface area contributed by atoms with Crippen LogP contribution in [-0.4, -0.2) is 60.5 Å². The molecule has 0 saturated carbocycles. The fourth-order valence-corrected chi connectivity index (χ4v) is 4.82. The van der Waals surface area contributed by atoms with Crippen LogP contribution in [0.4, 0.5) is 26.2 Å². The van der Waals surface area contributed by atoms with Gasteiger partial charge in [0.1, 0.15) is 5.02 Å². The second-order valence-electron chi connectivity index (χ2n) is 10.4. The van der Waals surface area contributed by atoms with Gasteiger partial charge >= 0.3 is 5.69 Å². The maximum Gasteiger partial charge on any atom is 0.329 e. The fourth-order valence-electron chi connectivity index (χ4n) is 4.68. The summed E-state index contributed by atoms with van der Waals surface area (Å²) in [5.41, 5.74) is 0.632. The molecular formula is C25H33ClF2N6O3. The second kappa shape index (κ2) is 10.2. The Labute approximate surface area is 218 Å². The van der Waals surface area contributed by atoms with E-state index < -0.39 is 23.4 Å². The van der Waals surface area contributed by atoms with E-state index in [1.54, 1.807) is 41.5 Å². The Kier molecular flexibility index (Phi) is 7.51. The molecule has 9 nitrogen and oxygen atoms in total. The lowest BCUT2D eigenvalue weighted by molar-refractivity contribution is -0.105. The van der Waals surface area contributed by atoms with E-state index in [4.69, 9.17) is 11.6 Å². The summed E-state index contributed by atoms with van der Waals surface area (Å²) in [4.78, 5) is 23.6. The lowest BCUT2D eigenvalue weighted by Gasteiger charge is -2.41. The molecule has 0 aliphatic carbocycles. The number of aryl methyl sites for hydroxylation is 1. The molecule has 2 atom stereocenters. The number of fused-ring (bicyclic) bond motifs is 1. The lowest BCUT2D eigenvalue weighted by atomic mass is 9.87. The summed E-state index contributed by atoms with van der Waals surface area (Å²) in [5.74, 6) is -3.84. The van der Waals surface area contributed by atoms with Crippen molar-refractivity contribution >= 4 is 40.1 Å². The van der Waals surface area contributed by atoms with Crippen LogP contribution in [0.3, 0.4) is 0 Å². The van der Waals surface area contributed by atoms with Crippen LogP contribution in [0.2, 0.25) is 5.02 Å². The number of nitrogens with one attached hydrogen (secondary N) is 1. The lowest BCUT2D eigenvalue weighted by Crippen LogP contribution is -2.52. The SMILES string of the molecule is C[C@@H]1CN(c2ncc(Cl)c(Nc3ccc4c(c3)n(CCC(C)(C)O)c(=O)n4CCO)n2)C[C@H](C)C1(F)F. The zero-order valence-electron chi connectivity index (χ0n) is 21.4. The third kappa shape index (κ3) is 5.58. The van der Waals surface area contributed by atoms with Gasteiger partial charge in [-0.05, 0) is 38.5 Å². The van der Waals surface area contributed by atoms with Crippen molar-refractivity contribution in [2.24, 2.45) is 11.8 Å². The predicted molar refractivity (Wildman–Crippen MR) is 140 cm³/mol. The Hall–Kier alpha value is -2.76. The molecule has 1 aliphatic rings. The van der Waals surface area contributed by atoms with E-state index in [-0.39, 0.29) is 43.5 Å². The topological polar surface area (TPSA) is 108 Å². The van der Waals surface area contributed by atoms with Crippen LogP contribution in [0.1, 0.15) is 34.1 Å². The Bertz CT molecular complexity index is 1320. The number of alkyl halides is 2. The van der Waals surface area contributed by atoms with Gasteiger partial charge in [-0.25, -0.2) is 18.6 Å². The number of hydrogen-bond acceptors (Lipinski definition) is 7. The van der Waals surface area contributed by atoms with E-state index in [0.717, 1.165) is 0 Å².